The lowest BCUT2D eigenvalue weighted by Gasteiger charge is -2.15. The predicted molar refractivity (Wildman–Crippen MR) is 72.9 cm³/mol. The van der Waals surface area contributed by atoms with E-state index in [4.69, 9.17) is 5.11 Å². The molecule has 1 atom stereocenters. The van der Waals surface area contributed by atoms with Crippen molar-refractivity contribution < 1.29 is 19.5 Å². The largest absolute Gasteiger partial charge is 0.479 e. The first-order valence-electron chi connectivity index (χ1n) is 6.38. The fourth-order valence-electron chi connectivity index (χ4n) is 1.64. The van der Waals surface area contributed by atoms with Gasteiger partial charge in [-0.05, 0) is 12.0 Å². The van der Waals surface area contributed by atoms with Gasteiger partial charge >= 0.3 is 5.97 Å². The molecule has 20 heavy (non-hydrogen) atoms. The van der Waals surface area contributed by atoms with Gasteiger partial charge in [0, 0.05) is 6.42 Å². The number of rotatable bonds is 7. The highest BCUT2D eigenvalue weighted by atomic mass is 16.4. The lowest BCUT2D eigenvalue weighted by atomic mass is 10.1. The maximum absolute atomic E-state index is 11.7. The average Bonchev–Trinajstić information content (AvgIpc) is 2.43. The van der Waals surface area contributed by atoms with E-state index >= 15 is 0 Å². The van der Waals surface area contributed by atoms with Crippen LogP contribution in [-0.2, 0) is 14.4 Å². The number of benzene rings is 1. The Balaban J connectivity index is 2.57. The lowest BCUT2D eigenvalue weighted by molar-refractivity contribution is -0.141. The minimum Gasteiger partial charge on any atom is -0.479 e. The first-order valence-corrected chi connectivity index (χ1v) is 6.38. The highest BCUT2D eigenvalue weighted by Gasteiger charge is 2.21. The summed E-state index contributed by atoms with van der Waals surface area (Å²) >= 11 is 0. The summed E-state index contributed by atoms with van der Waals surface area (Å²) in [5, 5.41) is 13.9. The van der Waals surface area contributed by atoms with Gasteiger partial charge in [-0.2, -0.15) is 0 Å². The van der Waals surface area contributed by atoms with Crippen molar-refractivity contribution in [2.75, 3.05) is 6.54 Å². The molecule has 0 radical (unpaired) electrons. The molecule has 0 aliphatic rings. The fraction of sp³-hybridized carbons (Fsp3) is 0.357. The lowest BCUT2D eigenvalue weighted by Crippen LogP contribution is -2.40. The van der Waals surface area contributed by atoms with Gasteiger partial charge in [-0.25, -0.2) is 4.79 Å². The Hall–Kier alpha value is -2.37. The Morgan fingerprint density at radius 2 is 1.80 bits per heavy atom. The van der Waals surface area contributed by atoms with Crippen LogP contribution in [0.3, 0.4) is 0 Å². The zero-order valence-electron chi connectivity index (χ0n) is 11.3. The van der Waals surface area contributed by atoms with E-state index in [-0.39, 0.29) is 12.5 Å². The number of aliphatic carboxylic acids is 1. The highest BCUT2D eigenvalue weighted by molar-refractivity contribution is 5.88. The van der Waals surface area contributed by atoms with Gasteiger partial charge in [0.25, 0.3) is 0 Å². The molecule has 0 spiro atoms. The van der Waals surface area contributed by atoms with E-state index in [1.807, 2.05) is 6.92 Å². The van der Waals surface area contributed by atoms with Crippen LogP contribution in [-0.4, -0.2) is 29.4 Å². The van der Waals surface area contributed by atoms with Crippen LogP contribution in [0.15, 0.2) is 30.3 Å². The van der Waals surface area contributed by atoms with Crippen LogP contribution < -0.4 is 10.6 Å². The van der Waals surface area contributed by atoms with Crippen molar-refractivity contribution in [1.82, 2.24) is 10.6 Å². The Morgan fingerprint density at radius 1 is 1.15 bits per heavy atom. The standard InChI is InChI=1S/C14H18N2O4/c1-2-6-11(17)15-9-12(18)16-13(14(19)20)10-7-4-3-5-8-10/h3-5,7-8,13H,2,6,9H2,1H3,(H,15,17)(H,16,18)(H,19,20)/t13-/m0/s1. The fourth-order valence-corrected chi connectivity index (χ4v) is 1.64. The quantitative estimate of drug-likeness (QED) is 0.689. The molecule has 0 aliphatic heterocycles. The van der Waals surface area contributed by atoms with Gasteiger partial charge < -0.3 is 15.7 Å². The van der Waals surface area contributed by atoms with Crippen LogP contribution in [0.5, 0.6) is 0 Å². The van der Waals surface area contributed by atoms with Gasteiger partial charge in [0.15, 0.2) is 6.04 Å². The summed E-state index contributed by atoms with van der Waals surface area (Å²) in [6.07, 6.45) is 1.03. The molecule has 0 saturated heterocycles. The predicted octanol–water partition coefficient (Wildman–Crippen LogP) is 0.845. The summed E-state index contributed by atoms with van der Waals surface area (Å²) < 4.78 is 0. The Morgan fingerprint density at radius 3 is 2.35 bits per heavy atom. The second kappa shape index (κ2) is 7.93. The van der Waals surface area contributed by atoms with Gasteiger partial charge in [-0.1, -0.05) is 37.3 Å². The first-order chi connectivity index (χ1) is 9.54. The number of hydrogen-bond acceptors (Lipinski definition) is 3. The van der Waals surface area contributed by atoms with Crippen LogP contribution in [0.25, 0.3) is 0 Å². The van der Waals surface area contributed by atoms with Crippen molar-refractivity contribution in [2.24, 2.45) is 0 Å². The van der Waals surface area contributed by atoms with Crippen LogP contribution >= 0.6 is 0 Å². The molecule has 0 heterocycles. The second-order valence-corrected chi connectivity index (χ2v) is 4.28. The molecule has 0 unspecified atom stereocenters. The van der Waals surface area contributed by atoms with Gasteiger partial charge in [-0.15, -0.1) is 0 Å². The molecule has 2 amide bonds. The molecule has 0 aliphatic carbocycles. The normalized spacial score (nSPS) is 11.4. The number of hydrogen-bond donors (Lipinski definition) is 3. The van der Waals surface area contributed by atoms with Crippen molar-refractivity contribution >= 4 is 17.8 Å². The maximum atomic E-state index is 11.7. The van der Waals surface area contributed by atoms with Crippen molar-refractivity contribution in [2.45, 2.75) is 25.8 Å². The topological polar surface area (TPSA) is 95.5 Å². The van der Waals surface area contributed by atoms with Gasteiger partial charge in [0.1, 0.15) is 0 Å². The monoisotopic (exact) mass is 278 g/mol. The summed E-state index contributed by atoms with van der Waals surface area (Å²) in [7, 11) is 0. The van der Waals surface area contributed by atoms with E-state index in [2.05, 4.69) is 10.6 Å². The molecule has 108 valence electrons. The third kappa shape index (κ3) is 5.09. The zero-order chi connectivity index (χ0) is 15.0. The number of carboxylic acids is 1. The van der Waals surface area contributed by atoms with Crippen molar-refractivity contribution in [1.29, 1.82) is 0 Å². The van der Waals surface area contributed by atoms with Gasteiger partial charge in [0.05, 0.1) is 6.54 Å². The SMILES string of the molecule is CCCC(=O)NCC(=O)N[C@H](C(=O)O)c1ccccc1. The minimum absolute atomic E-state index is 0.227. The van der Waals surface area contributed by atoms with E-state index in [0.717, 1.165) is 0 Å². The summed E-state index contributed by atoms with van der Waals surface area (Å²) in [6.45, 7) is 1.63. The summed E-state index contributed by atoms with van der Waals surface area (Å²) in [4.78, 5) is 34.1. The molecule has 6 heteroatoms. The van der Waals surface area contributed by atoms with Crippen molar-refractivity contribution in [3.05, 3.63) is 35.9 Å². The number of nitrogens with one attached hydrogen (secondary N) is 2. The zero-order valence-corrected chi connectivity index (χ0v) is 11.3. The molecule has 0 fully saturated rings. The smallest absolute Gasteiger partial charge is 0.330 e. The molecule has 0 saturated carbocycles. The molecule has 0 bridgehead atoms. The summed E-state index contributed by atoms with van der Waals surface area (Å²) in [6, 6.07) is 7.27. The highest BCUT2D eigenvalue weighted by Crippen LogP contribution is 2.12. The van der Waals surface area contributed by atoms with E-state index < -0.39 is 17.9 Å². The molecular formula is C14H18N2O4. The van der Waals surface area contributed by atoms with Crippen LogP contribution in [0, 0.1) is 0 Å². The second-order valence-electron chi connectivity index (χ2n) is 4.28. The molecule has 1 rings (SSSR count). The number of carbonyl (C=O) groups is 3. The number of amides is 2. The van der Waals surface area contributed by atoms with Gasteiger partial charge in [0.2, 0.25) is 11.8 Å². The van der Waals surface area contributed by atoms with E-state index in [9.17, 15) is 14.4 Å². The van der Waals surface area contributed by atoms with E-state index in [1.165, 1.54) is 0 Å². The molecule has 1 aromatic carbocycles. The maximum Gasteiger partial charge on any atom is 0.330 e. The molecule has 6 nitrogen and oxygen atoms in total. The third-order valence-corrected chi connectivity index (χ3v) is 2.61. The minimum atomic E-state index is -1.15. The van der Waals surface area contributed by atoms with Crippen molar-refractivity contribution in [3.8, 4) is 0 Å². The van der Waals surface area contributed by atoms with Gasteiger partial charge in [-0.3, -0.25) is 9.59 Å². The van der Waals surface area contributed by atoms with Crippen LogP contribution in [0.1, 0.15) is 31.4 Å². The average molecular weight is 278 g/mol. The van der Waals surface area contributed by atoms with E-state index in [0.29, 0.717) is 18.4 Å². The van der Waals surface area contributed by atoms with Crippen LogP contribution in [0.2, 0.25) is 0 Å². The summed E-state index contributed by atoms with van der Waals surface area (Å²) in [5.74, 6) is -1.91. The Bertz CT molecular complexity index is 473. The van der Waals surface area contributed by atoms with Crippen LogP contribution in [0.4, 0.5) is 0 Å². The van der Waals surface area contributed by atoms with E-state index in [1.54, 1.807) is 30.3 Å². The third-order valence-electron chi connectivity index (χ3n) is 2.61. The molecule has 1 aromatic rings. The Labute approximate surface area is 117 Å². The molecule has 3 N–H and O–H groups in total. The van der Waals surface area contributed by atoms with Crippen molar-refractivity contribution in [3.63, 3.8) is 0 Å². The first kappa shape index (κ1) is 15.7. The number of carbonyl (C=O) groups excluding carboxylic acids is 2. The molecular weight excluding hydrogens is 260 g/mol. The summed E-state index contributed by atoms with van der Waals surface area (Å²) in [5.41, 5.74) is 0.480. The Kier molecular flexibility index (Phi) is 6.22. The molecule has 0 aromatic heterocycles. The number of carboxylic acid groups (broad SMARTS) is 1.